The maximum absolute atomic E-state index is 12.6. The van der Waals surface area contributed by atoms with Crippen molar-refractivity contribution in [3.8, 4) is 10.8 Å². The number of furan rings is 1. The summed E-state index contributed by atoms with van der Waals surface area (Å²) in [4.78, 5) is 30.5. The van der Waals surface area contributed by atoms with E-state index in [1.54, 1.807) is 29.5 Å². The number of amides is 1. The zero-order chi connectivity index (χ0) is 16.2. The average molecular weight is 334 g/mol. The van der Waals surface area contributed by atoms with Crippen LogP contribution in [-0.4, -0.2) is 41.5 Å². The molecule has 0 bridgehead atoms. The summed E-state index contributed by atoms with van der Waals surface area (Å²) in [5, 5.41) is 2.41. The van der Waals surface area contributed by atoms with E-state index in [1.165, 1.54) is 11.3 Å². The topological polar surface area (TPSA) is 72.6 Å². The maximum Gasteiger partial charge on any atom is 0.310 e. The van der Waals surface area contributed by atoms with Crippen molar-refractivity contribution >= 4 is 23.2 Å². The molecule has 1 saturated heterocycles. The van der Waals surface area contributed by atoms with Crippen molar-refractivity contribution in [1.29, 1.82) is 0 Å². The molecule has 0 radical (unpaired) electrons. The van der Waals surface area contributed by atoms with Crippen LogP contribution < -0.4 is 0 Å². The molecule has 0 aliphatic carbocycles. The van der Waals surface area contributed by atoms with Gasteiger partial charge >= 0.3 is 5.97 Å². The van der Waals surface area contributed by atoms with Crippen LogP contribution in [0.2, 0.25) is 0 Å². The first kappa shape index (κ1) is 15.7. The number of ether oxygens (including phenoxy) is 1. The highest BCUT2D eigenvalue weighted by Gasteiger charge is 2.30. The Morgan fingerprint density at radius 2 is 2.39 bits per heavy atom. The third-order valence-electron chi connectivity index (χ3n) is 3.78. The minimum absolute atomic E-state index is 0.145. The van der Waals surface area contributed by atoms with Crippen LogP contribution in [0.25, 0.3) is 10.8 Å². The molecule has 1 amide bonds. The molecule has 3 heterocycles. The highest BCUT2D eigenvalue weighted by Crippen LogP contribution is 2.26. The summed E-state index contributed by atoms with van der Waals surface area (Å²) in [6, 6.07) is 3.59. The number of rotatable bonds is 4. The second-order valence-corrected chi connectivity index (χ2v) is 6.22. The molecule has 1 fully saturated rings. The van der Waals surface area contributed by atoms with Crippen LogP contribution in [0.1, 0.15) is 30.3 Å². The summed E-state index contributed by atoms with van der Waals surface area (Å²) in [6.07, 6.45) is 3.13. The summed E-state index contributed by atoms with van der Waals surface area (Å²) in [5.41, 5.74) is 0.394. The Morgan fingerprint density at radius 1 is 1.52 bits per heavy atom. The van der Waals surface area contributed by atoms with Crippen molar-refractivity contribution in [3.63, 3.8) is 0 Å². The van der Waals surface area contributed by atoms with E-state index in [0.29, 0.717) is 36.2 Å². The Balaban J connectivity index is 1.69. The van der Waals surface area contributed by atoms with Gasteiger partial charge in [-0.05, 0) is 31.9 Å². The molecule has 122 valence electrons. The van der Waals surface area contributed by atoms with Gasteiger partial charge < -0.3 is 14.1 Å². The van der Waals surface area contributed by atoms with Crippen LogP contribution in [0.15, 0.2) is 28.2 Å². The Labute approximate surface area is 138 Å². The van der Waals surface area contributed by atoms with E-state index in [2.05, 4.69) is 4.98 Å². The van der Waals surface area contributed by atoms with E-state index in [-0.39, 0.29) is 17.8 Å². The van der Waals surface area contributed by atoms with Crippen LogP contribution in [-0.2, 0) is 9.53 Å². The number of esters is 1. The molecule has 1 aliphatic rings. The number of thiazole rings is 1. The minimum atomic E-state index is -0.240. The van der Waals surface area contributed by atoms with Crippen LogP contribution in [0.3, 0.4) is 0 Å². The molecule has 1 atom stereocenters. The molecular weight excluding hydrogens is 316 g/mol. The molecule has 1 aliphatic heterocycles. The largest absolute Gasteiger partial charge is 0.466 e. The molecular formula is C16H18N2O4S. The van der Waals surface area contributed by atoms with E-state index in [0.717, 1.165) is 12.8 Å². The molecule has 0 saturated carbocycles. The smallest absolute Gasteiger partial charge is 0.310 e. The average Bonchev–Trinajstić information content (AvgIpc) is 3.25. The van der Waals surface area contributed by atoms with Gasteiger partial charge in [0.05, 0.1) is 18.8 Å². The van der Waals surface area contributed by atoms with E-state index < -0.39 is 0 Å². The fraction of sp³-hybridized carbons (Fsp3) is 0.438. The second kappa shape index (κ2) is 6.95. The highest BCUT2D eigenvalue weighted by atomic mass is 32.1. The van der Waals surface area contributed by atoms with Gasteiger partial charge in [0.15, 0.2) is 10.8 Å². The van der Waals surface area contributed by atoms with Gasteiger partial charge in [0, 0.05) is 18.5 Å². The molecule has 0 N–H and O–H groups in total. The molecule has 0 aromatic carbocycles. The van der Waals surface area contributed by atoms with Gasteiger partial charge in [0.1, 0.15) is 5.69 Å². The summed E-state index contributed by atoms with van der Waals surface area (Å²) in [7, 11) is 0. The van der Waals surface area contributed by atoms with Crippen LogP contribution in [0, 0.1) is 5.92 Å². The first-order chi connectivity index (χ1) is 11.2. The third-order valence-corrected chi connectivity index (χ3v) is 4.64. The number of piperidine rings is 1. The van der Waals surface area contributed by atoms with Crippen molar-refractivity contribution in [2.75, 3.05) is 19.7 Å². The van der Waals surface area contributed by atoms with E-state index in [1.807, 2.05) is 6.07 Å². The number of aromatic nitrogens is 1. The van der Waals surface area contributed by atoms with Crippen molar-refractivity contribution < 1.29 is 18.7 Å². The summed E-state index contributed by atoms with van der Waals surface area (Å²) >= 11 is 1.37. The normalized spacial score (nSPS) is 18.0. The fourth-order valence-electron chi connectivity index (χ4n) is 2.66. The minimum Gasteiger partial charge on any atom is -0.466 e. The van der Waals surface area contributed by atoms with Gasteiger partial charge in [0.25, 0.3) is 5.91 Å². The lowest BCUT2D eigenvalue weighted by atomic mass is 9.98. The van der Waals surface area contributed by atoms with Gasteiger partial charge in [-0.25, -0.2) is 4.98 Å². The molecule has 0 spiro atoms. The zero-order valence-electron chi connectivity index (χ0n) is 12.9. The monoisotopic (exact) mass is 334 g/mol. The van der Waals surface area contributed by atoms with Gasteiger partial charge in [-0.15, -0.1) is 11.3 Å². The number of nitrogens with zero attached hydrogens (tertiary/aromatic N) is 2. The van der Waals surface area contributed by atoms with Gasteiger partial charge in [-0.2, -0.15) is 0 Å². The van der Waals surface area contributed by atoms with Crippen molar-refractivity contribution in [2.24, 2.45) is 5.92 Å². The molecule has 2 aromatic heterocycles. The molecule has 7 heteroatoms. The maximum atomic E-state index is 12.6. The molecule has 3 rings (SSSR count). The number of hydrogen-bond donors (Lipinski definition) is 0. The second-order valence-electron chi connectivity index (χ2n) is 5.36. The Morgan fingerprint density at radius 3 is 3.13 bits per heavy atom. The molecule has 1 unspecified atom stereocenters. The van der Waals surface area contributed by atoms with Gasteiger partial charge in [0.2, 0.25) is 0 Å². The van der Waals surface area contributed by atoms with E-state index in [4.69, 9.17) is 9.15 Å². The van der Waals surface area contributed by atoms with Crippen molar-refractivity contribution in [3.05, 3.63) is 29.5 Å². The van der Waals surface area contributed by atoms with Crippen LogP contribution in [0.5, 0.6) is 0 Å². The lowest BCUT2D eigenvalue weighted by molar-refractivity contribution is -0.149. The lowest BCUT2D eigenvalue weighted by Crippen LogP contribution is -2.42. The summed E-state index contributed by atoms with van der Waals surface area (Å²) in [5.74, 6) is 0.0422. The summed E-state index contributed by atoms with van der Waals surface area (Å²) < 4.78 is 10.4. The van der Waals surface area contributed by atoms with Crippen LogP contribution in [0.4, 0.5) is 0 Å². The van der Waals surface area contributed by atoms with Gasteiger partial charge in [-0.3, -0.25) is 9.59 Å². The Kier molecular flexibility index (Phi) is 4.76. The quantitative estimate of drug-likeness (QED) is 0.804. The number of hydrogen-bond acceptors (Lipinski definition) is 6. The van der Waals surface area contributed by atoms with E-state index >= 15 is 0 Å². The highest BCUT2D eigenvalue weighted by molar-refractivity contribution is 7.13. The molecule has 6 nitrogen and oxygen atoms in total. The fourth-order valence-corrected chi connectivity index (χ4v) is 3.42. The van der Waals surface area contributed by atoms with Crippen LogP contribution >= 0.6 is 11.3 Å². The predicted octanol–water partition coefficient (Wildman–Crippen LogP) is 2.82. The summed E-state index contributed by atoms with van der Waals surface area (Å²) in [6.45, 7) is 3.19. The first-order valence-electron chi connectivity index (χ1n) is 7.64. The van der Waals surface area contributed by atoms with Crippen molar-refractivity contribution in [1.82, 2.24) is 9.88 Å². The van der Waals surface area contributed by atoms with Crippen molar-refractivity contribution in [2.45, 2.75) is 19.8 Å². The SMILES string of the molecule is CCOC(=O)C1CCCN(C(=O)c2csc(-c3ccco3)n2)C1. The number of likely N-dealkylation sites (tertiary alicyclic amines) is 1. The standard InChI is InChI=1S/C16H18N2O4S/c1-2-21-16(20)11-5-3-7-18(9-11)15(19)12-10-23-14(17-12)13-6-4-8-22-13/h4,6,8,10-11H,2-3,5,7,9H2,1H3. The molecule has 23 heavy (non-hydrogen) atoms. The number of carbonyl (C=O) groups excluding carboxylic acids is 2. The molecule has 2 aromatic rings. The first-order valence-corrected chi connectivity index (χ1v) is 8.52. The van der Waals surface area contributed by atoms with E-state index in [9.17, 15) is 9.59 Å². The predicted molar refractivity (Wildman–Crippen MR) is 85.1 cm³/mol. The Bertz CT molecular complexity index is 680. The zero-order valence-corrected chi connectivity index (χ0v) is 13.7. The van der Waals surface area contributed by atoms with Gasteiger partial charge in [-0.1, -0.05) is 0 Å². The third kappa shape index (κ3) is 3.44. The Hall–Kier alpha value is -2.15. The number of carbonyl (C=O) groups is 2. The lowest BCUT2D eigenvalue weighted by Gasteiger charge is -2.31.